The van der Waals surface area contributed by atoms with Gasteiger partial charge < -0.3 is 4.90 Å². The summed E-state index contributed by atoms with van der Waals surface area (Å²) < 4.78 is 119. The molecule has 0 unspecified atom stereocenters. The minimum atomic E-state index is -5.03. The van der Waals surface area contributed by atoms with E-state index >= 15 is 0 Å². The quantitative estimate of drug-likeness (QED) is 0.421. The van der Waals surface area contributed by atoms with Crippen LogP contribution in [0.3, 0.4) is 0 Å². The Morgan fingerprint density at radius 1 is 1.08 bits per heavy atom. The maximum Gasteiger partial charge on any atom is 0.416 e. The Labute approximate surface area is 215 Å². The van der Waals surface area contributed by atoms with Crippen molar-refractivity contribution in [1.82, 2.24) is 9.21 Å². The van der Waals surface area contributed by atoms with Gasteiger partial charge in [-0.15, -0.1) is 0 Å². The summed E-state index contributed by atoms with van der Waals surface area (Å²) in [5.41, 5.74) is -2.40. The third-order valence-electron chi connectivity index (χ3n) is 6.54. The van der Waals surface area contributed by atoms with Crippen LogP contribution in [0.2, 0.25) is 0 Å². The van der Waals surface area contributed by atoms with Gasteiger partial charge in [-0.05, 0) is 60.4 Å². The third-order valence-corrected chi connectivity index (χ3v) is 8.01. The molecule has 0 spiro atoms. The molecule has 38 heavy (non-hydrogen) atoms. The van der Waals surface area contributed by atoms with Crippen molar-refractivity contribution in [2.75, 3.05) is 20.1 Å². The first-order valence-corrected chi connectivity index (χ1v) is 12.9. The van der Waals surface area contributed by atoms with Gasteiger partial charge in [0, 0.05) is 43.9 Å². The number of hydrogen-bond acceptors (Lipinski definition) is 3. The third kappa shape index (κ3) is 6.55. The van der Waals surface area contributed by atoms with Crippen LogP contribution in [0.25, 0.3) is 0 Å². The van der Waals surface area contributed by atoms with Gasteiger partial charge in [0.05, 0.1) is 11.1 Å². The number of hydrogen-bond donors (Lipinski definition) is 0. The molecular weight excluding hydrogens is 541 g/mol. The number of piperidine rings is 1. The standard InChI is InChI=1S/C25H25F7N2O3S/c1-4-38(36,37)34-8-7-21(22(14-34)20-6-5-19(26)9-15(20)2)23(35)33(3)13-16-10-17(24(27,28)29)12-18(11-16)25(30,31)32/h4-6,9-12,21-22H,1,7-8,13-14H2,2-3H3/t21-,22+/m1/s1. The average molecular weight is 567 g/mol. The van der Waals surface area contributed by atoms with Crippen molar-refractivity contribution < 1.29 is 43.9 Å². The molecule has 0 N–H and O–H groups in total. The number of amides is 1. The van der Waals surface area contributed by atoms with Gasteiger partial charge in [-0.25, -0.2) is 12.8 Å². The number of nitrogens with zero attached hydrogens (tertiary/aromatic N) is 2. The Kier molecular flexibility index (Phi) is 8.32. The molecule has 0 saturated carbocycles. The topological polar surface area (TPSA) is 57.7 Å². The van der Waals surface area contributed by atoms with E-state index in [0.29, 0.717) is 23.3 Å². The number of alkyl halides is 6. The molecular formula is C25H25F7N2O3S. The Hall–Kier alpha value is -2.93. The number of carbonyl (C=O) groups excluding carboxylic acids is 1. The van der Waals surface area contributed by atoms with Gasteiger partial charge in [-0.2, -0.15) is 30.6 Å². The van der Waals surface area contributed by atoms with Crippen LogP contribution < -0.4 is 0 Å². The van der Waals surface area contributed by atoms with Crippen LogP contribution in [0.4, 0.5) is 30.7 Å². The zero-order valence-electron chi connectivity index (χ0n) is 20.4. The first-order chi connectivity index (χ1) is 17.4. The van der Waals surface area contributed by atoms with Gasteiger partial charge in [0.25, 0.3) is 0 Å². The Balaban J connectivity index is 1.95. The van der Waals surface area contributed by atoms with E-state index in [1.165, 1.54) is 19.2 Å². The maximum atomic E-state index is 13.7. The second-order valence-electron chi connectivity index (χ2n) is 9.18. The van der Waals surface area contributed by atoms with E-state index in [2.05, 4.69) is 6.58 Å². The van der Waals surface area contributed by atoms with E-state index in [-0.39, 0.29) is 31.1 Å². The second-order valence-corrected chi connectivity index (χ2v) is 11.1. The highest BCUT2D eigenvalue weighted by Crippen LogP contribution is 2.39. The molecule has 13 heteroatoms. The smallest absolute Gasteiger partial charge is 0.341 e. The highest BCUT2D eigenvalue weighted by atomic mass is 32.2. The summed E-state index contributed by atoms with van der Waals surface area (Å²) >= 11 is 0. The fraction of sp³-hybridized carbons (Fsp3) is 0.400. The van der Waals surface area contributed by atoms with E-state index in [1.54, 1.807) is 6.92 Å². The van der Waals surface area contributed by atoms with Crippen molar-refractivity contribution in [3.63, 3.8) is 0 Å². The van der Waals surface area contributed by atoms with E-state index in [0.717, 1.165) is 20.7 Å². The molecule has 0 aliphatic carbocycles. The van der Waals surface area contributed by atoms with Crippen LogP contribution >= 0.6 is 0 Å². The summed E-state index contributed by atoms with van der Waals surface area (Å²) in [6.45, 7) is 4.13. The lowest BCUT2D eigenvalue weighted by Gasteiger charge is -2.39. The Morgan fingerprint density at radius 2 is 1.66 bits per heavy atom. The zero-order chi connectivity index (χ0) is 28.6. The fourth-order valence-electron chi connectivity index (χ4n) is 4.67. The first-order valence-electron chi connectivity index (χ1n) is 11.4. The molecule has 1 fully saturated rings. The second kappa shape index (κ2) is 10.7. The van der Waals surface area contributed by atoms with Gasteiger partial charge >= 0.3 is 12.4 Å². The number of benzene rings is 2. The number of aryl methyl sites for hydroxylation is 1. The van der Waals surface area contributed by atoms with Crippen molar-refractivity contribution in [3.8, 4) is 0 Å². The lowest BCUT2D eigenvalue weighted by molar-refractivity contribution is -0.143. The van der Waals surface area contributed by atoms with E-state index in [4.69, 9.17) is 0 Å². The SMILES string of the molecule is C=CS(=O)(=O)N1CC[C@@H](C(=O)N(C)Cc2cc(C(F)(F)F)cc(C(F)(F)F)c2)[C@H](c2ccc(F)cc2C)C1. The zero-order valence-corrected chi connectivity index (χ0v) is 21.2. The molecule has 1 aliphatic heterocycles. The monoisotopic (exact) mass is 566 g/mol. The highest BCUT2D eigenvalue weighted by Gasteiger charge is 2.41. The van der Waals surface area contributed by atoms with Crippen LogP contribution in [0, 0.1) is 18.7 Å². The molecule has 0 radical (unpaired) electrons. The van der Waals surface area contributed by atoms with Crippen LogP contribution in [-0.4, -0.2) is 43.7 Å². The molecule has 1 heterocycles. The molecule has 2 atom stereocenters. The molecule has 2 aromatic carbocycles. The lowest BCUT2D eigenvalue weighted by Crippen LogP contribution is -2.47. The van der Waals surface area contributed by atoms with Crippen molar-refractivity contribution >= 4 is 15.9 Å². The molecule has 1 amide bonds. The largest absolute Gasteiger partial charge is 0.416 e. The van der Waals surface area contributed by atoms with Crippen LogP contribution in [-0.2, 0) is 33.7 Å². The predicted molar refractivity (Wildman–Crippen MR) is 126 cm³/mol. The number of sulfonamides is 1. The molecule has 1 saturated heterocycles. The van der Waals surface area contributed by atoms with Crippen LogP contribution in [0.15, 0.2) is 48.4 Å². The van der Waals surface area contributed by atoms with Crippen molar-refractivity contribution in [2.24, 2.45) is 5.92 Å². The van der Waals surface area contributed by atoms with E-state index < -0.39 is 63.6 Å². The van der Waals surface area contributed by atoms with Gasteiger partial charge in [0.1, 0.15) is 5.82 Å². The average Bonchev–Trinajstić information content (AvgIpc) is 2.82. The summed E-state index contributed by atoms with van der Waals surface area (Å²) in [4.78, 5) is 14.5. The van der Waals surface area contributed by atoms with Crippen LogP contribution in [0.1, 0.15) is 40.2 Å². The highest BCUT2D eigenvalue weighted by molar-refractivity contribution is 7.92. The molecule has 5 nitrogen and oxygen atoms in total. The molecule has 0 bridgehead atoms. The molecule has 1 aliphatic rings. The Bertz CT molecular complexity index is 1290. The minimum absolute atomic E-state index is 0.00836. The number of rotatable bonds is 6. The van der Waals surface area contributed by atoms with E-state index in [1.807, 2.05) is 0 Å². The normalized spacial score (nSPS) is 19.3. The van der Waals surface area contributed by atoms with Gasteiger partial charge in [0.2, 0.25) is 15.9 Å². The summed E-state index contributed by atoms with van der Waals surface area (Å²) in [6, 6.07) is 4.94. The summed E-state index contributed by atoms with van der Waals surface area (Å²) in [7, 11) is -2.61. The minimum Gasteiger partial charge on any atom is -0.341 e. The van der Waals surface area contributed by atoms with Crippen LogP contribution in [0.5, 0.6) is 0 Å². The maximum absolute atomic E-state index is 13.7. The molecule has 208 valence electrons. The first kappa shape index (κ1) is 29.6. The summed E-state index contributed by atoms with van der Waals surface area (Å²) in [6.07, 6.45) is -10.0. The van der Waals surface area contributed by atoms with Crippen molar-refractivity contribution in [2.45, 2.75) is 38.2 Å². The fourth-order valence-corrected chi connectivity index (χ4v) is 5.61. The molecule has 2 aromatic rings. The lowest BCUT2D eigenvalue weighted by atomic mass is 9.79. The van der Waals surface area contributed by atoms with Gasteiger partial charge in [0.15, 0.2) is 0 Å². The van der Waals surface area contributed by atoms with E-state index in [9.17, 15) is 43.9 Å². The van der Waals surface area contributed by atoms with Gasteiger partial charge in [-0.3, -0.25) is 4.79 Å². The van der Waals surface area contributed by atoms with Gasteiger partial charge in [-0.1, -0.05) is 12.6 Å². The van der Waals surface area contributed by atoms with Crippen molar-refractivity contribution in [1.29, 1.82) is 0 Å². The van der Waals surface area contributed by atoms with Crippen molar-refractivity contribution in [3.05, 3.63) is 82.0 Å². The summed E-state index contributed by atoms with van der Waals surface area (Å²) in [5.74, 6) is -2.75. The molecule has 3 rings (SSSR count). The number of carbonyl (C=O) groups is 1. The predicted octanol–water partition coefficient (Wildman–Crippen LogP) is 5.71. The number of halogens is 7. The summed E-state index contributed by atoms with van der Waals surface area (Å²) in [5, 5.41) is 0.766. The Morgan fingerprint density at radius 3 is 2.16 bits per heavy atom. The molecule has 0 aromatic heterocycles.